The molecule has 0 saturated carbocycles. The molecule has 1 aromatic rings. The van der Waals surface area contributed by atoms with Gasteiger partial charge in [-0.1, -0.05) is 58.0 Å². The van der Waals surface area contributed by atoms with Gasteiger partial charge in [-0.05, 0) is 36.7 Å². The van der Waals surface area contributed by atoms with Crippen molar-refractivity contribution in [3.8, 4) is 0 Å². The third-order valence-electron chi connectivity index (χ3n) is 6.17. The molecule has 5 amide bonds. The van der Waals surface area contributed by atoms with Crippen LogP contribution in [0.15, 0.2) is 30.3 Å². The number of amides is 5. The smallest absolute Gasteiger partial charge is 0.243 e. The summed E-state index contributed by atoms with van der Waals surface area (Å²) in [5.41, 5.74) is 0.781. The van der Waals surface area contributed by atoms with E-state index in [0.29, 0.717) is 6.42 Å². The van der Waals surface area contributed by atoms with E-state index in [1.54, 1.807) is 26.0 Å². The van der Waals surface area contributed by atoms with Crippen molar-refractivity contribution in [2.75, 3.05) is 0 Å². The van der Waals surface area contributed by atoms with E-state index in [-0.39, 0.29) is 37.0 Å². The number of ketones is 1. The van der Waals surface area contributed by atoms with Crippen LogP contribution in [0.4, 0.5) is 0 Å². The second-order valence-electron chi connectivity index (χ2n) is 10.3. The Labute approximate surface area is 217 Å². The number of Topliss-reactive ketones (excluding diaryl/α,β-unsaturated/α-hetero) is 1. The fourth-order valence-corrected chi connectivity index (χ4v) is 4.27. The second kappa shape index (κ2) is 13.7. The lowest BCUT2D eigenvalue weighted by Crippen LogP contribution is -2.58. The Morgan fingerprint density at radius 2 is 1.54 bits per heavy atom. The molecule has 1 saturated heterocycles. The van der Waals surface area contributed by atoms with E-state index in [2.05, 4.69) is 21.3 Å². The molecule has 1 fully saturated rings. The minimum Gasteiger partial charge on any atom is -0.344 e. The average Bonchev–Trinajstić information content (AvgIpc) is 2.81. The molecule has 0 aromatic heterocycles. The van der Waals surface area contributed by atoms with Gasteiger partial charge >= 0.3 is 0 Å². The lowest BCUT2D eigenvalue weighted by Gasteiger charge is -2.29. The summed E-state index contributed by atoms with van der Waals surface area (Å²) < 4.78 is 0. The van der Waals surface area contributed by atoms with E-state index >= 15 is 0 Å². The molecule has 4 atom stereocenters. The number of carbonyl (C=O) groups excluding carboxylic acids is 6. The lowest BCUT2D eigenvalue weighted by atomic mass is 9.87. The molecular formula is C27H38N4O6. The van der Waals surface area contributed by atoms with Crippen LogP contribution < -0.4 is 21.3 Å². The van der Waals surface area contributed by atoms with Crippen molar-refractivity contribution in [3.05, 3.63) is 35.9 Å². The molecule has 37 heavy (non-hydrogen) atoms. The molecule has 0 radical (unpaired) electrons. The summed E-state index contributed by atoms with van der Waals surface area (Å²) in [5, 5.41) is 10.3. The zero-order valence-corrected chi connectivity index (χ0v) is 22.1. The van der Waals surface area contributed by atoms with E-state index in [4.69, 9.17) is 0 Å². The number of hydrogen-bond acceptors (Lipinski definition) is 6. The largest absolute Gasteiger partial charge is 0.344 e. The molecule has 1 unspecified atom stereocenters. The first-order valence-electron chi connectivity index (χ1n) is 12.7. The highest BCUT2D eigenvalue weighted by Crippen LogP contribution is 2.18. The number of benzene rings is 1. The van der Waals surface area contributed by atoms with Gasteiger partial charge in [-0.2, -0.15) is 0 Å². The van der Waals surface area contributed by atoms with E-state index in [1.807, 2.05) is 32.0 Å². The van der Waals surface area contributed by atoms with Crippen LogP contribution in [0.2, 0.25) is 0 Å². The molecule has 0 spiro atoms. The SMILES string of the molecule is CC(=O)N[C@H](C(=O)N[C@@H](CC(C)C)C(=O)N[C@@H](Cc1ccccc1)C(=O)C1CCC(=O)NC1=O)C(C)C. The van der Waals surface area contributed by atoms with Crippen molar-refractivity contribution in [1.29, 1.82) is 0 Å². The topological polar surface area (TPSA) is 151 Å². The molecule has 1 heterocycles. The fourth-order valence-electron chi connectivity index (χ4n) is 4.27. The summed E-state index contributed by atoms with van der Waals surface area (Å²) >= 11 is 0. The molecule has 1 aromatic carbocycles. The van der Waals surface area contributed by atoms with Crippen molar-refractivity contribution in [1.82, 2.24) is 21.3 Å². The molecule has 202 valence electrons. The molecular weight excluding hydrogens is 476 g/mol. The summed E-state index contributed by atoms with van der Waals surface area (Å²) in [4.78, 5) is 75.4. The quantitative estimate of drug-likeness (QED) is 0.242. The van der Waals surface area contributed by atoms with Gasteiger partial charge in [-0.15, -0.1) is 0 Å². The third-order valence-corrected chi connectivity index (χ3v) is 6.17. The lowest BCUT2D eigenvalue weighted by molar-refractivity contribution is -0.142. The molecule has 2 rings (SSSR count). The van der Waals surface area contributed by atoms with Crippen molar-refractivity contribution in [2.24, 2.45) is 17.8 Å². The number of carbonyl (C=O) groups is 6. The first-order chi connectivity index (χ1) is 17.4. The van der Waals surface area contributed by atoms with Gasteiger partial charge in [0.1, 0.15) is 12.1 Å². The number of piperidine rings is 1. The number of rotatable bonds is 12. The fraction of sp³-hybridized carbons (Fsp3) is 0.556. The maximum absolute atomic E-state index is 13.4. The van der Waals surface area contributed by atoms with Gasteiger partial charge in [0.05, 0.1) is 12.0 Å². The summed E-state index contributed by atoms with van der Waals surface area (Å²) in [6, 6.07) is 6.23. The Balaban J connectivity index is 2.27. The Kier molecular flexibility index (Phi) is 11.0. The monoisotopic (exact) mass is 514 g/mol. The maximum atomic E-state index is 13.4. The summed E-state index contributed by atoms with van der Waals surface area (Å²) in [6.07, 6.45) is 0.558. The Morgan fingerprint density at radius 3 is 2.08 bits per heavy atom. The Hall–Kier alpha value is -3.56. The van der Waals surface area contributed by atoms with Crippen LogP contribution in [0, 0.1) is 17.8 Å². The first kappa shape index (κ1) is 29.7. The zero-order chi connectivity index (χ0) is 27.7. The molecule has 0 bridgehead atoms. The second-order valence-corrected chi connectivity index (χ2v) is 10.3. The van der Waals surface area contributed by atoms with E-state index in [1.165, 1.54) is 6.92 Å². The molecule has 10 nitrogen and oxygen atoms in total. The van der Waals surface area contributed by atoms with Crippen LogP contribution in [0.1, 0.15) is 59.4 Å². The Morgan fingerprint density at radius 1 is 0.919 bits per heavy atom. The predicted molar refractivity (Wildman–Crippen MR) is 137 cm³/mol. The maximum Gasteiger partial charge on any atom is 0.243 e. The van der Waals surface area contributed by atoms with Crippen molar-refractivity contribution in [2.45, 2.75) is 78.4 Å². The van der Waals surface area contributed by atoms with E-state index < -0.39 is 53.5 Å². The molecule has 1 aliphatic heterocycles. The highest BCUT2D eigenvalue weighted by molar-refractivity contribution is 6.11. The van der Waals surface area contributed by atoms with Crippen molar-refractivity contribution in [3.63, 3.8) is 0 Å². The molecule has 10 heteroatoms. The van der Waals surface area contributed by atoms with Crippen molar-refractivity contribution >= 4 is 35.3 Å². The first-order valence-corrected chi connectivity index (χ1v) is 12.7. The molecule has 1 aliphatic rings. The zero-order valence-electron chi connectivity index (χ0n) is 22.1. The van der Waals surface area contributed by atoms with Crippen molar-refractivity contribution < 1.29 is 28.8 Å². The van der Waals surface area contributed by atoms with Crippen LogP contribution in [-0.4, -0.2) is 53.4 Å². The summed E-state index contributed by atoms with van der Waals surface area (Å²) in [6.45, 7) is 8.68. The summed E-state index contributed by atoms with van der Waals surface area (Å²) in [5.74, 6) is -4.26. The minimum atomic E-state index is -1.06. The van der Waals surface area contributed by atoms with Crippen LogP contribution >= 0.6 is 0 Å². The predicted octanol–water partition coefficient (Wildman–Crippen LogP) is 1.03. The minimum absolute atomic E-state index is 0.0349. The highest BCUT2D eigenvalue weighted by Gasteiger charge is 2.38. The van der Waals surface area contributed by atoms with Gasteiger partial charge in [0.15, 0.2) is 5.78 Å². The third kappa shape index (κ3) is 9.11. The van der Waals surface area contributed by atoms with Crippen LogP contribution in [0.25, 0.3) is 0 Å². The number of imide groups is 1. The van der Waals surface area contributed by atoms with Gasteiger partial charge in [-0.3, -0.25) is 34.1 Å². The molecule has 0 aliphatic carbocycles. The summed E-state index contributed by atoms with van der Waals surface area (Å²) in [7, 11) is 0. The number of nitrogens with one attached hydrogen (secondary N) is 4. The highest BCUT2D eigenvalue weighted by atomic mass is 16.2. The standard InChI is InChI=1S/C27H38N4O6/c1-15(2)13-21(30-27(37)23(16(3)4)28-17(5)32)26(36)29-20(14-18-9-7-6-8-10-18)24(34)19-11-12-22(33)31-25(19)35/h6-10,15-16,19-21,23H,11-14H2,1-5H3,(H,28,32)(H,29,36)(H,30,37)(H,31,33,35)/t19?,20-,21-,23-/m0/s1. The van der Waals surface area contributed by atoms with Crippen LogP contribution in [0.5, 0.6) is 0 Å². The van der Waals surface area contributed by atoms with Gasteiger partial charge in [0.25, 0.3) is 0 Å². The van der Waals surface area contributed by atoms with Crippen LogP contribution in [-0.2, 0) is 35.2 Å². The van der Waals surface area contributed by atoms with Gasteiger partial charge in [-0.25, -0.2) is 0 Å². The van der Waals surface area contributed by atoms with E-state index in [0.717, 1.165) is 5.56 Å². The Bertz CT molecular complexity index is 1010. The number of hydrogen-bond donors (Lipinski definition) is 4. The average molecular weight is 515 g/mol. The van der Waals surface area contributed by atoms with Gasteiger partial charge in [0.2, 0.25) is 29.5 Å². The normalized spacial score (nSPS) is 18.0. The molecule has 4 N–H and O–H groups in total. The van der Waals surface area contributed by atoms with E-state index in [9.17, 15) is 28.8 Å². The van der Waals surface area contributed by atoms with Gasteiger partial charge in [0, 0.05) is 13.3 Å². The van der Waals surface area contributed by atoms with Gasteiger partial charge < -0.3 is 16.0 Å². The van der Waals surface area contributed by atoms with Crippen LogP contribution in [0.3, 0.4) is 0 Å².